The number of nitrogens with two attached hydrogens (primary N) is 1. The first-order valence-electron chi connectivity index (χ1n) is 6.58. The number of methoxy groups -OCH3 is 1. The Morgan fingerprint density at radius 3 is 2.52 bits per heavy atom. The predicted octanol–water partition coefficient (Wildman–Crippen LogP) is 2.41. The summed E-state index contributed by atoms with van der Waals surface area (Å²) in [5.41, 5.74) is 6.41. The Kier molecular flexibility index (Phi) is 5.14. The van der Waals surface area contributed by atoms with E-state index in [0.717, 1.165) is 5.56 Å². The van der Waals surface area contributed by atoms with Gasteiger partial charge in [-0.05, 0) is 11.6 Å². The van der Waals surface area contributed by atoms with Crippen LogP contribution in [-0.2, 0) is 6.61 Å². The lowest BCUT2D eigenvalue weighted by molar-refractivity contribution is 0.180. The van der Waals surface area contributed by atoms with E-state index in [1.54, 1.807) is 0 Å². The zero-order valence-corrected chi connectivity index (χ0v) is 11.8. The van der Waals surface area contributed by atoms with Crippen molar-refractivity contribution >= 4 is 0 Å². The van der Waals surface area contributed by atoms with Gasteiger partial charge in [-0.15, -0.1) is 0 Å². The SMILES string of the molecule is COc1cc(C(O)CN)c(F)cc1OCc1ccccc1. The summed E-state index contributed by atoms with van der Waals surface area (Å²) in [6.45, 7) is 0.236. The normalized spacial score (nSPS) is 12.0. The van der Waals surface area contributed by atoms with Crippen LogP contribution in [0.25, 0.3) is 0 Å². The number of halogens is 1. The highest BCUT2D eigenvalue weighted by Crippen LogP contribution is 2.33. The van der Waals surface area contributed by atoms with Gasteiger partial charge in [0.1, 0.15) is 12.4 Å². The average molecular weight is 291 g/mol. The van der Waals surface area contributed by atoms with Gasteiger partial charge >= 0.3 is 0 Å². The smallest absolute Gasteiger partial charge is 0.164 e. The predicted molar refractivity (Wildman–Crippen MR) is 77.7 cm³/mol. The first-order valence-corrected chi connectivity index (χ1v) is 6.58. The lowest BCUT2D eigenvalue weighted by Gasteiger charge is -2.15. The molecule has 0 aliphatic heterocycles. The first-order chi connectivity index (χ1) is 10.2. The number of aliphatic hydroxyl groups is 1. The summed E-state index contributed by atoms with van der Waals surface area (Å²) >= 11 is 0. The molecular formula is C16H18FNO3. The minimum atomic E-state index is -1.07. The molecule has 3 N–H and O–H groups in total. The third kappa shape index (κ3) is 3.71. The fourth-order valence-electron chi connectivity index (χ4n) is 1.94. The van der Waals surface area contributed by atoms with Crippen molar-refractivity contribution in [3.63, 3.8) is 0 Å². The zero-order chi connectivity index (χ0) is 15.2. The van der Waals surface area contributed by atoms with Crippen molar-refractivity contribution < 1.29 is 19.0 Å². The number of benzene rings is 2. The molecule has 0 heterocycles. The molecule has 1 unspecified atom stereocenters. The Balaban J connectivity index is 2.21. The average Bonchev–Trinajstić information content (AvgIpc) is 2.53. The lowest BCUT2D eigenvalue weighted by atomic mass is 10.1. The van der Waals surface area contributed by atoms with Crippen LogP contribution in [0.3, 0.4) is 0 Å². The van der Waals surface area contributed by atoms with Gasteiger partial charge in [-0.1, -0.05) is 30.3 Å². The third-order valence-electron chi connectivity index (χ3n) is 3.10. The summed E-state index contributed by atoms with van der Waals surface area (Å²) in [6.07, 6.45) is -1.07. The Morgan fingerprint density at radius 1 is 1.19 bits per heavy atom. The van der Waals surface area contributed by atoms with Crippen molar-refractivity contribution in [2.24, 2.45) is 5.73 Å². The van der Waals surface area contributed by atoms with E-state index in [1.807, 2.05) is 30.3 Å². The van der Waals surface area contributed by atoms with Gasteiger partial charge in [-0.3, -0.25) is 0 Å². The monoisotopic (exact) mass is 291 g/mol. The minimum absolute atomic E-state index is 0.0652. The molecule has 0 bridgehead atoms. The largest absolute Gasteiger partial charge is 0.493 e. The highest BCUT2D eigenvalue weighted by molar-refractivity contribution is 5.44. The van der Waals surface area contributed by atoms with Crippen LogP contribution in [-0.4, -0.2) is 18.8 Å². The van der Waals surface area contributed by atoms with Gasteiger partial charge in [-0.25, -0.2) is 4.39 Å². The second-order valence-electron chi connectivity index (χ2n) is 4.55. The van der Waals surface area contributed by atoms with E-state index in [0.29, 0.717) is 12.4 Å². The molecule has 5 heteroatoms. The van der Waals surface area contributed by atoms with E-state index in [9.17, 15) is 9.50 Å². The molecule has 21 heavy (non-hydrogen) atoms. The van der Waals surface area contributed by atoms with Gasteiger partial charge in [-0.2, -0.15) is 0 Å². The van der Waals surface area contributed by atoms with Crippen LogP contribution < -0.4 is 15.2 Å². The number of ether oxygens (including phenoxy) is 2. The Bertz CT molecular complexity index is 590. The highest BCUT2D eigenvalue weighted by atomic mass is 19.1. The Morgan fingerprint density at radius 2 is 1.90 bits per heavy atom. The molecule has 0 fully saturated rings. The molecular weight excluding hydrogens is 273 g/mol. The maximum atomic E-state index is 14.0. The van der Waals surface area contributed by atoms with Crippen molar-refractivity contribution in [1.29, 1.82) is 0 Å². The molecule has 0 aliphatic carbocycles. The molecule has 0 spiro atoms. The van der Waals surface area contributed by atoms with Crippen LogP contribution in [0.4, 0.5) is 4.39 Å². The van der Waals surface area contributed by atoms with E-state index < -0.39 is 11.9 Å². The molecule has 2 aromatic rings. The first kappa shape index (κ1) is 15.3. The number of aliphatic hydroxyl groups excluding tert-OH is 1. The number of hydrogen-bond donors (Lipinski definition) is 2. The molecule has 1 atom stereocenters. The summed E-state index contributed by atoms with van der Waals surface area (Å²) < 4.78 is 24.7. The van der Waals surface area contributed by atoms with E-state index in [4.69, 9.17) is 15.2 Å². The number of rotatable bonds is 6. The highest BCUT2D eigenvalue weighted by Gasteiger charge is 2.16. The van der Waals surface area contributed by atoms with Crippen molar-refractivity contribution in [2.75, 3.05) is 13.7 Å². The van der Waals surface area contributed by atoms with E-state index in [1.165, 1.54) is 19.2 Å². The van der Waals surface area contributed by atoms with Crippen LogP contribution in [0, 0.1) is 5.82 Å². The van der Waals surface area contributed by atoms with Gasteiger partial charge in [0.15, 0.2) is 11.5 Å². The van der Waals surface area contributed by atoms with Crippen LogP contribution >= 0.6 is 0 Å². The molecule has 0 amide bonds. The molecule has 0 aromatic heterocycles. The summed E-state index contributed by atoms with van der Waals surface area (Å²) in [5.74, 6) is 0.0680. The molecule has 0 saturated heterocycles. The van der Waals surface area contributed by atoms with Crippen LogP contribution in [0.2, 0.25) is 0 Å². The summed E-state index contributed by atoms with van der Waals surface area (Å²) in [6, 6.07) is 12.1. The molecule has 0 aliphatic rings. The molecule has 2 rings (SSSR count). The standard InChI is InChI=1S/C16H18FNO3/c1-20-15-7-12(14(19)9-18)13(17)8-16(15)21-10-11-5-3-2-4-6-11/h2-8,14,19H,9-10,18H2,1H3. The van der Waals surface area contributed by atoms with E-state index in [2.05, 4.69) is 0 Å². The van der Waals surface area contributed by atoms with Crippen molar-refractivity contribution in [3.8, 4) is 11.5 Å². The van der Waals surface area contributed by atoms with Crippen LogP contribution in [0.5, 0.6) is 11.5 Å². The molecule has 112 valence electrons. The fraction of sp³-hybridized carbons (Fsp3) is 0.250. The maximum absolute atomic E-state index is 14.0. The summed E-state index contributed by atoms with van der Waals surface area (Å²) in [4.78, 5) is 0. The van der Waals surface area contributed by atoms with Gasteiger partial charge in [0.2, 0.25) is 0 Å². The molecule has 0 saturated carbocycles. The summed E-state index contributed by atoms with van der Waals surface area (Å²) in [7, 11) is 1.46. The van der Waals surface area contributed by atoms with Gasteiger partial charge in [0.05, 0.1) is 13.2 Å². The lowest BCUT2D eigenvalue weighted by Crippen LogP contribution is -2.13. The zero-order valence-electron chi connectivity index (χ0n) is 11.8. The van der Waals surface area contributed by atoms with Crippen molar-refractivity contribution in [1.82, 2.24) is 0 Å². The second kappa shape index (κ2) is 7.06. The summed E-state index contributed by atoms with van der Waals surface area (Å²) in [5, 5.41) is 9.67. The Hall–Kier alpha value is -2.11. The third-order valence-corrected chi connectivity index (χ3v) is 3.10. The second-order valence-corrected chi connectivity index (χ2v) is 4.55. The molecule has 0 radical (unpaired) electrons. The molecule has 2 aromatic carbocycles. The van der Waals surface area contributed by atoms with Crippen molar-refractivity contribution in [2.45, 2.75) is 12.7 Å². The molecule has 4 nitrogen and oxygen atoms in total. The van der Waals surface area contributed by atoms with Crippen molar-refractivity contribution in [3.05, 3.63) is 59.4 Å². The fourth-order valence-corrected chi connectivity index (χ4v) is 1.94. The quantitative estimate of drug-likeness (QED) is 0.858. The number of hydrogen-bond acceptors (Lipinski definition) is 4. The van der Waals surface area contributed by atoms with E-state index in [-0.39, 0.29) is 17.9 Å². The van der Waals surface area contributed by atoms with Crippen LogP contribution in [0.1, 0.15) is 17.2 Å². The van der Waals surface area contributed by atoms with Gasteiger partial charge in [0, 0.05) is 18.2 Å². The van der Waals surface area contributed by atoms with Gasteiger partial charge < -0.3 is 20.3 Å². The maximum Gasteiger partial charge on any atom is 0.164 e. The van der Waals surface area contributed by atoms with E-state index >= 15 is 0 Å². The Labute approximate surface area is 122 Å². The minimum Gasteiger partial charge on any atom is -0.493 e. The topological polar surface area (TPSA) is 64.7 Å². The van der Waals surface area contributed by atoms with Crippen LogP contribution in [0.15, 0.2) is 42.5 Å². The van der Waals surface area contributed by atoms with Gasteiger partial charge in [0.25, 0.3) is 0 Å².